The minimum absolute atomic E-state index is 0.00592. The van der Waals surface area contributed by atoms with Crippen LogP contribution < -0.4 is 21.3 Å². The molecular weight excluding hydrogens is 398 g/mol. The zero-order chi connectivity index (χ0) is 21.5. The van der Waals surface area contributed by atoms with Crippen LogP contribution in [0.25, 0.3) is 0 Å². The maximum absolute atomic E-state index is 12.7. The lowest BCUT2D eigenvalue weighted by Gasteiger charge is -2.26. The van der Waals surface area contributed by atoms with Crippen LogP contribution in [0.3, 0.4) is 0 Å². The second-order valence-corrected chi connectivity index (χ2v) is 7.60. The number of carbonyl (C=O) groups excluding carboxylic acids is 1. The number of anilines is 3. The Bertz CT molecular complexity index is 935. The molecule has 1 atom stereocenters. The van der Waals surface area contributed by atoms with Crippen molar-refractivity contribution in [2.75, 3.05) is 43.4 Å². The summed E-state index contributed by atoms with van der Waals surface area (Å²) in [5, 5.41) is 29.6. The summed E-state index contributed by atoms with van der Waals surface area (Å²) in [6, 6.07) is 3.63. The van der Waals surface area contributed by atoms with E-state index in [1.807, 2.05) is 6.07 Å². The molecule has 11 nitrogen and oxygen atoms in total. The summed E-state index contributed by atoms with van der Waals surface area (Å²) in [4.78, 5) is 20.8. The van der Waals surface area contributed by atoms with E-state index in [4.69, 9.17) is 10.00 Å². The SMILES string of the molecule is N#Cc1cnc(Nc2cc(NCC3CNCCO3)c(C(=O)NCC3CCC3)nn2)cn1. The molecule has 2 aliphatic rings. The maximum atomic E-state index is 12.7. The molecule has 1 saturated carbocycles. The number of nitriles is 1. The molecule has 1 unspecified atom stereocenters. The normalized spacial score (nSPS) is 18.5. The van der Waals surface area contributed by atoms with Crippen LogP contribution in [0, 0.1) is 17.2 Å². The number of hydrogen-bond acceptors (Lipinski definition) is 10. The molecular formula is C20H25N9O2. The van der Waals surface area contributed by atoms with Crippen LogP contribution in [0.1, 0.15) is 35.4 Å². The number of amides is 1. The van der Waals surface area contributed by atoms with Gasteiger partial charge in [-0.05, 0) is 18.8 Å². The van der Waals surface area contributed by atoms with Gasteiger partial charge in [0.2, 0.25) is 0 Å². The van der Waals surface area contributed by atoms with Crippen molar-refractivity contribution >= 4 is 23.2 Å². The van der Waals surface area contributed by atoms with Gasteiger partial charge in [0, 0.05) is 32.2 Å². The summed E-state index contributed by atoms with van der Waals surface area (Å²) in [5.41, 5.74) is 1.01. The summed E-state index contributed by atoms with van der Waals surface area (Å²) in [6.45, 7) is 3.40. The molecule has 4 rings (SSSR count). The van der Waals surface area contributed by atoms with Crippen LogP contribution in [0.15, 0.2) is 18.5 Å². The molecule has 11 heteroatoms. The number of nitrogens with one attached hydrogen (secondary N) is 4. The molecule has 162 valence electrons. The highest BCUT2D eigenvalue weighted by Crippen LogP contribution is 2.25. The highest BCUT2D eigenvalue weighted by molar-refractivity contribution is 5.97. The average molecular weight is 423 g/mol. The molecule has 1 aliphatic heterocycles. The van der Waals surface area contributed by atoms with Crippen LogP contribution >= 0.6 is 0 Å². The van der Waals surface area contributed by atoms with Gasteiger partial charge in [0.05, 0.1) is 30.8 Å². The van der Waals surface area contributed by atoms with Crippen LogP contribution in [0.4, 0.5) is 17.3 Å². The first kappa shape index (κ1) is 20.9. The zero-order valence-corrected chi connectivity index (χ0v) is 17.1. The van der Waals surface area contributed by atoms with Crippen molar-refractivity contribution in [3.8, 4) is 6.07 Å². The van der Waals surface area contributed by atoms with Crippen molar-refractivity contribution in [1.29, 1.82) is 5.26 Å². The number of carbonyl (C=O) groups is 1. The molecule has 1 aliphatic carbocycles. The topological polar surface area (TPSA) is 150 Å². The van der Waals surface area contributed by atoms with Gasteiger partial charge in [0.25, 0.3) is 5.91 Å². The van der Waals surface area contributed by atoms with Gasteiger partial charge in [-0.3, -0.25) is 4.79 Å². The van der Waals surface area contributed by atoms with Crippen molar-refractivity contribution in [1.82, 2.24) is 30.8 Å². The van der Waals surface area contributed by atoms with E-state index < -0.39 is 0 Å². The van der Waals surface area contributed by atoms with E-state index in [-0.39, 0.29) is 23.4 Å². The van der Waals surface area contributed by atoms with Gasteiger partial charge in [-0.2, -0.15) is 5.26 Å². The lowest BCUT2D eigenvalue weighted by Crippen LogP contribution is -2.42. The highest BCUT2D eigenvalue weighted by atomic mass is 16.5. The Kier molecular flexibility index (Phi) is 6.81. The van der Waals surface area contributed by atoms with E-state index in [0.717, 1.165) is 25.9 Å². The molecule has 2 aromatic rings. The molecule has 31 heavy (non-hydrogen) atoms. The fraction of sp³-hybridized carbons (Fsp3) is 0.500. The van der Waals surface area contributed by atoms with Crippen LogP contribution in [-0.2, 0) is 4.74 Å². The fourth-order valence-electron chi connectivity index (χ4n) is 3.33. The van der Waals surface area contributed by atoms with E-state index in [0.29, 0.717) is 42.9 Å². The van der Waals surface area contributed by atoms with Gasteiger partial charge >= 0.3 is 0 Å². The third-order valence-electron chi connectivity index (χ3n) is 5.33. The Balaban J connectivity index is 1.48. The third-order valence-corrected chi connectivity index (χ3v) is 5.33. The van der Waals surface area contributed by atoms with Gasteiger partial charge in [-0.15, -0.1) is 10.2 Å². The average Bonchev–Trinajstić information content (AvgIpc) is 2.78. The van der Waals surface area contributed by atoms with Gasteiger partial charge in [0.15, 0.2) is 17.2 Å². The van der Waals surface area contributed by atoms with Crippen LogP contribution in [0.5, 0.6) is 0 Å². The summed E-state index contributed by atoms with van der Waals surface area (Å²) in [6.07, 6.45) is 6.32. The monoisotopic (exact) mass is 423 g/mol. The second-order valence-electron chi connectivity index (χ2n) is 7.60. The second kappa shape index (κ2) is 10.1. The zero-order valence-electron chi connectivity index (χ0n) is 17.1. The molecule has 2 fully saturated rings. The minimum atomic E-state index is -0.255. The third kappa shape index (κ3) is 5.62. The quantitative estimate of drug-likeness (QED) is 0.480. The smallest absolute Gasteiger partial charge is 0.273 e. The highest BCUT2D eigenvalue weighted by Gasteiger charge is 2.22. The van der Waals surface area contributed by atoms with E-state index in [9.17, 15) is 4.79 Å². The lowest BCUT2D eigenvalue weighted by molar-refractivity contribution is 0.0372. The number of nitrogens with zero attached hydrogens (tertiary/aromatic N) is 5. The van der Waals surface area contributed by atoms with Crippen molar-refractivity contribution in [3.63, 3.8) is 0 Å². The van der Waals surface area contributed by atoms with Gasteiger partial charge in [-0.1, -0.05) is 6.42 Å². The predicted octanol–water partition coefficient (Wildman–Crippen LogP) is 0.812. The van der Waals surface area contributed by atoms with Crippen LogP contribution in [0.2, 0.25) is 0 Å². The first-order valence-electron chi connectivity index (χ1n) is 10.4. The summed E-state index contributed by atoms with van der Waals surface area (Å²) in [7, 11) is 0. The number of rotatable bonds is 8. The first-order valence-corrected chi connectivity index (χ1v) is 10.4. The molecule has 0 bridgehead atoms. The number of ether oxygens (including phenoxy) is 1. The predicted molar refractivity (Wildman–Crippen MR) is 113 cm³/mol. The van der Waals surface area contributed by atoms with Crippen molar-refractivity contribution < 1.29 is 9.53 Å². The Labute approximate surface area is 180 Å². The van der Waals surface area contributed by atoms with E-state index >= 15 is 0 Å². The lowest BCUT2D eigenvalue weighted by atomic mass is 9.85. The Morgan fingerprint density at radius 1 is 1.23 bits per heavy atom. The summed E-state index contributed by atoms with van der Waals surface area (Å²) in [5.74, 6) is 1.11. The molecule has 3 heterocycles. The number of hydrogen-bond donors (Lipinski definition) is 4. The van der Waals surface area contributed by atoms with E-state index in [1.165, 1.54) is 18.8 Å². The summed E-state index contributed by atoms with van der Waals surface area (Å²) < 4.78 is 5.73. The molecule has 1 amide bonds. The van der Waals surface area contributed by atoms with Gasteiger partial charge in [-0.25, -0.2) is 9.97 Å². The molecule has 1 saturated heterocycles. The Morgan fingerprint density at radius 3 is 2.81 bits per heavy atom. The molecule has 2 aromatic heterocycles. The molecule has 0 spiro atoms. The van der Waals surface area contributed by atoms with Gasteiger partial charge < -0.3 is 26.0 Å². The number of morpholine rings is 1. The fourth-order valence-corrected chi connectivity index (χ4v) is 3.33. The maximum Gasteiger partial charge on any atom is 0.273 e. The molecule has 0 radical (unpaired) electrons. The van der Waals surface area contributed by atoms with Gasteiger partial charge in [0.1, 0.15) is 11.9 Å². The Morgan fingerprint density at radius 2 is 2.13 bits per heavy atom. The van der Waals surface area contributed by atoms with Crippen molar-refractivity contribution in [3.05, 3.63) is 29.8 Å². The van der Waals surface area contributed by atoms with Crippen molar-refractivity contribution in [2.45, 2.75) is 25.4 Å². The number of aromatic nitrogens is 4. The summed E-state index contributed by atoms with van der Waals surface area (Å²) >= 11 is 0. The van der Waals surface area contributed by atoms with Crippen molar-refractivity contribution in [2.24, 2.45) is 5.92 Å². The first-order chi connectivity index (χ1) is 15.2. The Hall–Kier alpha value is -3.36. The van der Waals surface area contributed by atoms with E-state index in [1.54, 1.807) is 6.07 Å². The minimum Gasteiger partial charge on any atom is -0.380 e. The molecule has 0 aromatic carbocycles. The van der Waals surface area contributed by atoms with Crippen LogP contribution in [-0.4, -0.2) is 65.0 Å². The largest absolute Gasteiger partial charge is 0.380 e. The van der Waals surface area contributed by atoms with E-state index in [2.05, 4.69) is 41.4 Å². The molecule has 4 N–H and O–H groups in total. The standard InChI is InChI=1S/C20H25N9O2/c21-7-14-9-25-18(12-23-14)27-17-6-16(24-11-15-10-22-4-5-31-15)19(29-28-17)20(30)26-8-13-2-1-3-13/h6,9,12-13,15,22H,1-5,8,10-11H2,(H,26,30)(H2,24,25,27,28).